The summed E-state index contributed by atoms with van der Waals surface area (Å²) in [7, 11) is 0. The minimum absolute atomic E-state index is 0.612. The smallest absolute Gasteiger partial charge is 0.0292 e. The molecule has 0 spiro atoms. The Morgan fingerprint density at radius 2 is 1.57 bits per heavy atom. The average Bonchev–Trinajstić information content (AvgIpc) is 2.62. The monoisotopic (exact) mass is 196 g/mol. The fraction of sp³-hybridized carbons (Fsp3) is 1.00. The van der Waals surface area contributed by atoms with Gasteiger partial charge in [0.25, 0.3) is 0 Å². The summed E-state index contributed by atoms with van der Waals surface area (Å²) >= 11 is 0. The maximum absolute atomic E-state index is 2.47. The maximum atomic E-state index is 2.47. The molecule has 0 aromatic rings. The SMILES string of the molecule is CCC(C)C(C)C(C)C1C(C)C1(C)C. The molecule has 5 atom stereocenters. The largest absolute Gasteiger partial charge is 0.0651 e. The van der Waals surface area contributed by atoms with Crippen molar-refractivity contribution >= 4 is 0 Å². The van der Waals surface area contributed by atoms with Gasteiger partial charge in [0.05, 0.1) is 0 Å². The van der Waals surface area contributed by atoms with Gasteiger partial charge in [0.1, 0.15) is 0 Å². The molecule has 0 heterocycles. The lowest BCUT2D eigenvalue weighted by molar-refractivity contribution is 0.227. The quantitative estimate of drug-likeness (QED) is 0.616. The van der Waals surface area contributed by atoms with E-state index < -0.39 is 0 Å². The lowest BCUT2D eigenvalue weighted by Crippen LogP contribution is -2.19. The van der Waals surface area contributed by atoms with E-state index in [0.29, 0.717) is 5.41 Å². The third kappa shape index (κ3) is 1.85. The molecule has 0 aromatic carbocycles. The van der Waals surface area contributed by atoms with Gasteiger partial charge < -0.3 is 0 Å². The zero-order valence-electron chi connectivity index (χ0n) is 11.1. The van der Waals surface area contributed by atoms with Crippen LogP contribution in [0.25, 0.3) is 0 Å². The third-order valence-corrected chi connectivity index (χ3v) is 5.40. The topological polar surface area (TPSA) is 0 Å². The van der Waals surface area contributed by atoms with Crippen molar-refractivity contribution in [2.24, 2.45) is 35.0 Å². The highest BCUT2D eigenvalue weighted by Gasteiger charge is 2.57. The van der Waals surface area contributed by atoms with Crippen molar-refractivity contribution in [2.75, 3.05) is 0 Å². The zero-order valence-corrected chi connectivity index (χ0v) is 11.1. The predicted molar refractivity (Wildman–Crippen MR) is 64.2 cm³/mol. The molecule has 1 fully saturated rings. The lowest BCUT2D eigenvalue weighted by Gasteiger charge is -2.26. The molecule has 0 bridgehead atoms. The minimum Gasteiger partial charge on any atom is -0.0651 e. The van der Waals surface area contributed by atoms with Crippen LogP contribution < -0.4 is 0 Å². The Morgan fingerprint density at radius 1 is 1.14 bits per heavy atom. The summed E-state index contributed by atoms with van der Waals surface area (Å²) < 4.78 is 0. The molecule has 84 valence electrons. The first-order valence-electron chi connectivity index (χ1n) is 6.34. The van der Waals surface area contributed by atoms with E-state index in [2.05, 4.69) is 48.5 Å². The van der Waals surface area contributed by atoms with Crippen molar-refractivity contribution in [1.29, 1.82) is 0 Å². The van der Waals surface area contributed by atoms with Crippen LogP contribution in [-0.4, -0.2) is 0 Å². The Bertz CT molecular complexity index is 192. The number of hydrogen-bond donors (Lipinski definition) is 0. The summed E-state index contributed by atoms with van der Waals surface area (Å²) in [6.45, 7) is 16.9. The van der Waals surface area contributed by atoms with Gasteiger partial charge in [-0.3, -0.25) is 0 Å². The van der Waals surface area contributed by atoms with Gasteiger partial charge in [0.2, 0.25) is 0 Å². The Balaban J connectivity index is 2.55. The van der Waals surface area contributed by atoms with Crippen molar-refractivity contribution in [1.82, 2.24) is 0 Å². The number of rotatable bonds is 4. The van der Waals surface area contributed by atoms with Crippen molar-refractivity contribution < 1.29 is 0 Å². The molecule has 0 saturated heterocycles. The fourth-order valence-electron chi connectivity index (χ4n) is 3.29. The van der Waals surface area contributed by atoms with Crippen LogP contribution in [0.2, 0.25) is 0 Å². The van der Waals surface area contributed by atoms with Crippen molar-refractivity contribution in [3.05, 3.63) is 0 Å². The van der Waals surface area contributed by atoms with Crippen LogP contribution in [0.3, 0.4) is 0 Å². The van der Waals surface area contributed by atoms with E-state index in [-0.39, 0.29) is 0 Å². The van der Waals surface area contributed by atoms with Gasteiger partial charge in [0.15, 0.2) is 0 Å². The highest BCUT2D eigenvalue weighted by Crippen LogP contribution is 2.63. The van der Waals surface area contributed by atoms with Gasteiger partial charge in [-0.1, -0.05) is 54.9 Å². The Kier molecular flexibility index (Phi) is 3.33. The minimum atomic E-state index is 0.612. The second-order valence-corrected chi connectivity index (χ2v) is 6.24. The normalized spacial score (nSPS) is 36.2. The summed E-state index contributed by atoms with van der Waals surface area (Å²) in [6, 6.07) is 0. The van der Waals surface area contributed by atoms with Gasteiger partial charge in [-0.25, -0.2) is 0 Å². The van der Waals surface area contributed by atoms with E-state index in [1.165, 1.54) is 6.42 Å². The first-order valence-corrected chi connectivity index (χ1v) is 6.34. The van der Waals surface area contributed by atoms with E-state index in [1.807, 2.05) is 0 Å². The van der Waals surface area contributed by atoms with Gasteiger partial charge in [-0.2, -0.15) is 0 Å². The average molecular weight is 196 g/mol. The molecular formula is C14H28. The van der Waals surface area contributed by atoms with Crippen LogP contribution in [0.5, 0.6) is 0 Å². The van der Waals surface area contributed by atoms with Gasteiger partial charge in [-0.05, 0) is 35.0 Å². The Labute approximate surface area is 90.5 Å². The third-order valence-electron chi connectivity index (χ3n) is 5.40. The van der Waals surface area contributed by atoms with Crippen molar-refractivity contribution in [3.8, 4) is 0 Å². The van der Waals surface area contributed by atoms with Crippen LogP contribution in [0, 0.1) is 35.0 Å². The summed E-state index contributed by atoms with van der Waals surface area (Å²) in [5.74, 6) is 4.56. The van der Waals surface area contributed by atoms with Crippen LogP contribution in [0.1, 0.15) is 54.9 Å². The van der Waals surface area contributed by atoms with E-state index in [4.69, 9.17) is 0 Å². The van der Waals surface area contributed by atoms with Crippen LogP contribution >= 0.6 is 0 Å². The zero-order chi connectivity index (χ0) is 11.1. The summed E-state index contributed by atoms with van der Waals surface area (Å²) in [5, 5.41) is 0. The van der Waals surface area contributed by atoms with Gasteiger partial charge in [-0.15, -0.1) is 0 Å². The molecule has 0 aromatic heterocycles. The maximum Gasteiger partial charge on any atom is -0.0292 e. The molecule has 5 unspecified atom stereocenters. The Hall–Kier alpha value is 0. The predicted octanol–water partition coefficient (Wildman–Crippen LogP) is 4.60. The highest BCUT2D eigenvalue weighted by molar-refractivity contribution is 5.05. The molecule has 1 rings (SSSR count). The highest BCUT2D eigenvalue weighted by atomic mass is 14.6. The second-order valence-electron chi connectivity index (χ2n) is 6.24. The first-order chi connectivity index (χ1) is 6.34. The van der Waals surface area contributed by atoms with Gasteiger partial charge in [0, 0.05) is 0 Å². The van der Waals surface area contributed by atoms with E-state index in [1.54, 1.807) is 0 Å². The second kappa shape index (κ2) is 3.87. The summed E-state index contributed by atoms with van der Waals surface area (Å²) in [6.07, 6.45) is 1.33. The van der Waals surface area contributed by atoms with Crippen LogP contribution in [0.15, 0.2) is 0 Å². The molecule has 0 radical (unpaired) electrons. The molecule has 1 saturated carbocycles. The van der Waals surface area contributed by atoms with Crippen molar-refractivity contribution in [2.45, 2.75) is 54.9 Å². The Morgan fingerprint density at radius 3 is 1.86 bits per heavy atom. The van der Waals surface area contributed by atoms with Gasteiger partial charge >= 0.3 is 0 Å². The van der Waals surface area contributed by atoms with Crippen LogP contribution in [-0.2, 0) is 0 Å². The molecule has 1 aliphatic carbocycles. The number of hydrogen-bond acceptors (Lipinski definition) is 0. The first kappa shape index (κ1) is 12.1. The lowest BCUT2D eigenvalue weighted by atomic mass is 9.79. The molecule has 0 heteroatoms. The molecule has 0 aliphatic heterocycles. The summed E-state index contributed by atoms with van der Waals surface area (Å²) in [4.78, 5) is 0. The molecular weight excluding hydrogens is 168 g/mol. The molecule has 14 heavy (non-hydrogen) atoms. The summed E-state index contributed by atoms with van der Waals surface area (Å²) in [5.41, 5.74) is 0.612. The molecule has 0 nitrogen and oxygen atoms in total. The van der Waals surface area contributed by atoms with E-state index >= 15 is 0 Å². The van der Waals surface area contributed by atoms with E-state index in [0.717, 1.165) is 29.6 Å². The van der Waals surface area contributed by atoms with Crippen LogP contribution in [0.4, 0.5) is 0 Å². The van der Waals surface area contributed by atoms with Crippen molar-refractivity contribution in [3.63, 3.8) is 0 Å². The molecule has 1 aliphatic rings. The molecule has 0 amide bonds. The van der Waals surface area contributed by atoms with E-state index in [9.17, 15) is 0 Å². The molecule has 0 N–H and O–H groups in total. The fourth-order valence-corrected chi connectivity index (χ4v) is 3.29. The standard InChI is InChI=1S/C14H28/c1-8-9(2)10(3)11(4)13-12(5)14(13,6)7/h9-13H,8H2,1-7H3.